The number of carbonyl (C=O) groups excluding carboxylic acids is 2. The highest BCUT2D eigenvalue weighted by molar-refractivity contribution is 6.07. The highest BCUT2D eigenvalue weighted by atomic mass is 16.5. The van der Waals surface area contributed by atoms with Crippen molar-refractivity contribution in [3.05, 3.63) is 42.1 Å². The molecule has 4 rings (SSSR count). The van der Waals surface area contributed by atoms with Crippen LogP contribution in [0.1, 0.15) is 23.2 Å². The summed E-state index contributed by atoms with van der Waals surface area (Å²) in [5.74, 6) is 1.05. The van der Waals surface area contributed by atoms with Crippen LogP contribution >= 0.6 is 0 Å². The number of fused-ring (bicyclic) bond motifs is 1. The van der Waals surface area contributed by atoms with Crippen molar-refractivity contribution in [2.45, 2.75) is 18.9 Å². The van der Waals surface area contributed by atoms with Gasteiger partial charge in [-0.15, -0.1) is 0 Å². The van der Waals surface area contributed by atoms with Gasteiger partial charge >= 0.3 is 0 Å². The SMILES string of the molecule is CN1CCC(Oc2ccc(NC(=O)c3cnc4c(c3)N(C)C(=O)CN4)cc2)CC1. The molecular formula is C21H25N5O3. The van der Waals surface area contributed by atoms with Gasteiger partial charge in [0.25, 0.3) is 5.91 Å². The minimum atomic E-state index is -0.282. The maximum atomic E-state index is 12.6. The van der Waals surface area contributed by atoms with Crippen LogP contribution in [0, 0.1) is 0 Å². The number of anilines is 3. The monoisotopic (exact) mass is 395 g/mol. The molecule has 2 aliphatic rings. The summed E-state index contributed by atoms with van der Waals surface area (Å²) in [6.45, 7) is 2.29. The predicted molar refractivity (Wildman–Crippen MR) is 112 cm³/mol. The van der Waals surface area contributed by atoms with Crippen LogP contribution in [0.25, 0.3) is 0 Å². The van der Waals surface area contributed by atoms with Gasteiger partial charge in [-0.1, -0.05) is 0 Å². The Bertz CT molecular complexity index is 907. The molecule has 3 heterocycles. The standard InChI is InChI=1S/C21H25N5O3/c1-25-9-7-17(8-10-25)29-16-5-3-15(4-6-16)24-21(28)14-11-18-20(22-12-14)23-13-19(27)26(18)2/h3-6,11-12,17H,7-10,13H2,1-2H3,(H,22,23)(H,24,28). The van der Waals surface area contributed by atoms with Crippen molar-refractivity contribution in [2.24, 2.45) is 0 Å². The average molecular weight is 395 g/mol. The summed E-state index contributed by atoms with van der Waals surface area (Å²) in [6.07, 6.45) is 3.78. The minimum absolute atomic E-state index is 0.0722. The first-order chi connectivity index (χ1) is 14.0. The normalized spacial score (nSPS) is 17.4. The number of nitrogens with zero attached hydrogens (tertiary/aromatic N) is 3. The smallest absolute Gasteiger partial charge is 0.257 e. The van der Waals surface area contributed by atoms with Gasteiger partial charge in [0.15, 0.2) is 0 Å². The maximum absolute atomic E-state index is 12.6. The van der Waals surface area contributed by atoms with Gasteiger partial charge in [0, 0.05) is 32.0 Å². The second kappa shape index (κ2) is 8.08. The van der Waals surface area contributed by atoms with Crippen LogP contribution in [-0.2, 0) is 4.79 Å². The summed E-state index contributed by atoms with van der Waals surface area (Å²) < 4.78 is 6.04. The number of benzene rings is 1. The van der Waals surface area contributed by atoms with Gasteiger partial charge in [0.1, 0.15) is 17.7 Å². The lowest BCUT2D eigenvalue weighted by molar-refractivity contribution is -0.116. The Morgan fingerprint density at radius 3 is 2.66 bits per heavy atom. The number of likely N-dealkylation sites (tertiary alicyclic amines) is 1. The summed E-state index contributed by atoms with van der Waals surface area (Å²) >= 11 is 0. The molecule has 0 bridgehead atoms. The quantitative estimate of drug-likeness (QED) is 0.825. The van der Waals surface area contributed by atoms with Gasteiger partial charge in [0.2, 0.25) is 5.91 Å². The topological polar surface area (TPSA) is 86.8 Å². The van der Waals surface area contributed by atoms with E-state index in [1.54, 1.807) is 13.1 Å². The molecule has 8 heteroatoms. The third-order valence-electron chi connectivity index (χ3n) is 5.35. The van der Waals surface area contributed by atoms with Crippen LogP contribution in [0.5, 0.6) is 5.75 Å². The zero-order chi connectivity index (χ0) is 20.4. The molecule has 1 saturated heterocycles. The molecule has 8 nitrogen and oxygen atoms in total. The van der Waals surface area contributed by atoms with Gasteiger partial charge < -0.3 is 25.2 Å². The maximum Gasteiger partial charge on any atom is 0.257 e. The molecule has 2 aromatic rings. The summed E-state index contributed by atoms with van der Waals surface area (Å²) in [5.41, 5.74) is 1.65. The van der Waals surface area contributed by atoms with E-state index in [-0.39, 0.29) is 24.5 Å². The van der Waals surface area contributed by atoms with Crippen molar-refractivity contribution in [3.63, 3.8) is 0 Å². The molecule has 0 spiro atoms. The Hall–Kier alpha value is -3.13. The number of piperidine rings is 1. The highest BCUT2D eigenvalue weighted by Gasteiger charge is 2.23. The van der Waals surface area contributed by atoms with Crippen molar-refractivity contribution >= 4 is 29.0 Å². The molecule has 2 aliphatic heterocycles. The van der Waals surface area contributed by atoms with Crippen molar-refractivity contribution in [1.29, 1.82) is 0 Å². The van der Waals surface area contributed by atoms with E-state index in [9.17, 15) is 9.59 Å². The summed E-state index contributed by atoms with van der Waals surface area (Å²) in [6, 6.07) is 9.06. The number of hydrogen-bond acceptors (Lipinski definition) is 6. The number of rotatable bonds is 4. The number of pyridine rings is 1. The van der Waals surface area contributed by atoms with E-state index in [4.69, 9.17) is 4.74 Å². The third kappa shape index (κ3) is 4.32. The molecule has 0 atom stereocenters. The molecule has 1 aromatic carbocycles. The number of aromatic nitrogens is 1. The molecule has 1 aromatic heterocycles. The molecule has 0 radical (unpaired) electrons. The Kier molecular flexibility index (Phi) is 5.35. The molecule has 0 saturated carbocycles. The number of amides is 2. The minimum Gasteiger partial charge on any atom is -0.490 e. The summed E-state index contributed by atoms with van der Waals surface area (Å²) in [5, 5.41) is 5.81. The third-order valence-corrected chi connectivity index (χ3v) is 5.35. The van der Waals surface area contributed by atoms with Gasteiger partial charge in [-0.25, -0.2) is 4.98 Å². The Morgan fingerprint density at radius 1 is 1.21 bits per heavy atom. The Labute approximate surface area is 169 Å². The van der Waals surface area contributed by atoms with Gasteiger partial charge in [-0.2, -0.15) is 0 Å². The fourth-order valence-corrected chi connectivity index (χ4v) is 3.50. The van der Waals surface area contributed by atoms with Crippen LogP contribution in [0.3, 0.4) is 0 Å². The lowest BCUT2D eigenvalue weighted by atomic mass is 10.1. The Morgan fingerprint density at radius 2 is 1.93 bits per heavy atom. The van der Waals surface area contributed by atoms with Crippen LogP contribution in [-0.4, -0.2) is 61.5 Å². The van der Waals surface area contributed by atoms with Crippen LogP contribution in [0.2, 0.25) is 0 Å². The van der Waals surface area contributed by atoms with Crippen LogP contribution < -0.4 is 20.3 Å². The first-order valence-electron chi connectivity index (χ1n) is 9.76. The molecule has 0 aliphatic carbocycles. The van der Waals surface area contributed by atoms with Gasteiger partial charge in [-0.05, 0) is 50.2 Å². The summed E-state index contributed by atoms with van der Waals surface area (Å²) in [4.78, 5) is 32.5. The number of carbonyl (C=O) groups is 2. The van der Waals surface area contributed by atoms with E-state index in [0.29, 0.717) is 22.8 Å². The van der Waals surface area contributed by atoms with Gasteiger partial charge in [0.05, 0.1) is 17.8 Å². The van der Waals surface area contributed by atoms with Crippen molar-refractivity contribution < 1.29 is 14.3 Å². The fourth-order valence-electron chi connectivity index (χ4n) is 3.50. The lowest BCUT2D eigenvalue weighted by Gasteiger charge is -2.29. The van der Waals surface area contributed by atoms with E-state index in [1.807, 2.05) is 24.3 Å². The summed E-state index contributed by atoms with van der Waals surface area (Å²) in [7, 11) is 3.80. The van der Waals surface area contributed by atoms with Crippen molar-refractivity contribution in [3.8, 4) is 5.75 Å². The lowest BCUT2D eigenvalue weighted by Crippen LogP contribution is -2.37. The van der Waals surface area contributed by atoms with Gasteiger partial charge in [-0.3, -0.25) is 9.59 Å². The van der Waals surface area contributed by atoms with E-state index in [0.717, 1.165) is 31.7 Å². The molecule has 152 valence electrons. The predicted octanol–water partition coefficient (Wildman–Crippen LogP) is 2.20. The molecule has 0 unspecified atom stereocenters. The molecule has 2 N–H and O–H groups in total. The molecule has 1 fully saturated rings. The molecule has 2 amide bonds. The number of nitrogens with one attached hydrogen (secondary N) is 2. The van der Waals surface area contributed by atoms with Crippen molar-refractivity contribution in [1.82, 2.24) is 9.88 Å². The van der Waals surface area contributed by atoms with E-state index < -0.39 is 0 Å². The zero-order valence-corrected chi connectivity index (χ0v) is 16.6. The first-order valence-corrected chi connectivity index (χ1v) is 9.76. The van der Waals surface area contributed by atoms with E-state index in [1.165, 1.54) is 11.1 Å². The van der Waals surface area contributed by atoms with E-state index in [2.05, 4.69) is 27.6 Å². The molecular weight excluding hydrogens is 370 g/mol. The van der Waals surface area contributed by atoms with Crippen molar-refractivity contribution in [2.75, 3.05) is 49.3 Å². The number of ether oxygens (including phenoxy) is 1. The van der Waals surface area contributed by atoms with E-state index >= 15 is 0 Å². The molecule has 29 heavy (non-hydrogen) atoms. The zero-order valence-electron chi connectivity index (χ0n) is 16.6. The second-order valence-corrected chi connectivity index (χ2v) is 7.50. The number of likely N-dealkylation sites (N-methyl/N-ethyl adjacent to an activating group) is 1. The first kappa shape index (κ1) is 19.2. The number of hydrogen-bond donors (Lipinski definition) is 2. The van der Waals surface area contributed by atoms with Crippen LogP contribution in [0.4, 0.5) is 17.2 Å². The highest BCUT2D eigenvalue weighted by Crippen LogP contribution is 2.27. The Balaban J connectivity index is 1.39. The largest absolute Gasteiger partial charge is 0.490 e. The second-order valence-electron chi connectivity index (χ2n) is 7.50. The van der Waals surface area contributed by atoms with Crippen LogP contribution in [0.15, 0.2) is 36.5 Å². The fraction of sp³-hybridized carbons (Fsp3) is 0.381. The average Bonchev–Trinajstić information content (AvgIpc) is 2.73.